The summed E-state index contributed by atoms with van der Waals surface area (Å²) >= 11 is 1.28. The summed E-state index contributed by atoms with van der Waals surface area (Å²) in [7, 11) is 0. The van der Waals surface area contributed by atoms with Crippen LogP contribution in [-0.2, 0) is 17.6 Å². The number of aromatic nitrogens is 1. The lowest BCUT2D eigenvalue weighted by molar-refractivity contribution is -0.113. The first-order valence-electron chi connectivity index (χ1n) is 9.81. The first-order valence-corrected chi connectivity index (χ1v) is 10.8. The lowest BCUT2D eigenvalue weighted by atomic mass is 10.0. The predicted octanol–water partition coefficient (Wildman–Crippen LogP) is 3.37. The Morgan fingerprint density at radius 2 is 2.14 bits per heavy atom. The zero-order chi connectivity index (χ0) is 20.4. The van der Waals surface area contributed by atoms with E-state index in [1.165, 1.54) is 17.3 Å². The number of carbonyl (C=O) groups is 2. The van der Waals surface area contributed by atoms with Gasteiger partial charge in [-0.3, -0.25) is 9.59 Å². The van der Waals surface area contributed by atoms with E-state index in [9.17, 15) is 14.9 Å². The van der Waals surface area contributed by atoms with Gasteiger partial charge in [0, 0.05) is 23.0 Å². The van der Waals surface area contributed by atoms with Crippen LogP contribution in [0.3, 0.4) is 0 Å². The molecule has 1 fully saturated rings. The van der Waals surface area contributed by atoms with Crippen molar-refractivity contribution < 1.29 is 9.59 Å². The predicted molar refractivity (Wildman–Crippen MR) is 112 cm³/mol. The summed E-state index contributed by atoms with van der Waals surface area (Å²) in [5.41, 5.74) is 4.92. The Hall–Kier alpha value is -2.85. The Labute approximate surface area is 174 Å². The van der Waals surface area contributed by atoms with Crippen LogP contribution < -0.4 is 10.6 Å². The zero-order valence-electron chi connectivity index (χ0n) is 16.2. The number of nitriles is 1. The second-order valence-corrected chi connectivity index (χ2v) is 8.44. The number of rotatable bonds is 6. The summed E-state index contributed by atoms with van der Waals surface area (Å²) < 4.78 is 0. The Morgan fingerprint density at radius 1 is 1.31 bits per heavy atom. The third kappa shape index (κ3) is 4.43. The van der Waals surface area contributed by atoms with Crippen molar-refractivity contribution in [2.45, 2.75) is 50.1 Å². The molecule has 6 nitrogen and oxygen atoms in total. The maximum absolute atomic E-state index is 12.4. The van der Waals surface area contributed by atoms with Crippen molar-refractivity contribution in [1.82, 2.24) is 10.3 Å². The molecular formula is C22H22N4O2S. The molecule has 2 aliphatic rings. The molecule has 7 heteroatoms. The summed E-state index contributed by atoms with van der Waals surface area (Å²) in [5.74, 6) is -0.161. The summed E-state index contributed by atoms with van der Waals surface area (Å²) in [6.45, 7) is 1.96. The molecule has 0 unspecified atom stereocenters. The number of aryl methyl sites for hydroxylation is 1. The number of pyridine rings is 1. The fraction of sp³-hybridized carbons (Fsp3) is 0.364. The van der Waals surface area contributed by atoms with Crippen molar-refractivity contribution >= 4 is 29.3 Å². The van der Waals surface area contributed by atoms with Crippen LogP contribution in [0, 0.1) is 18.3 Å². The topological polar surface area (TPSA) is 94.9 Å². The fourth-order valence-corrected chi connectivity index (χ4v) is 4.40. The molecule has 29 heavy (non-hydrogen) atoms. The van der Waals surface area contributed by atoms with Crippen LogP contribution in [0.5, 0.6) is 0 Å². The molecule has 0 radical (unpaired) electrons. The SMILES string of the molecule is Cc1c(C#N)c(SCC(=O)Nc2cccc(C(=O)NC3CC3)c2)nc2c1CCC2. The van der Waals surface area contributed by atoms with Crippen molar-refractivity contribution in [3.05, 3.63) is 52.2 Å². The van der Waals surface area contributed by atoms with Crippen LogP contribution in [-0.4, -0.2) is 28.6 Å². The van der Waals surface area contributed by atoms with E-state index < -0.39 is 0 Å². The van der Waals surface area contributed by atoms with Gasteiger partial charge >= 0.3 is 0 Å². The largest absolute Gasteiger partial charge is 0.349 e. The Morgan fingerprint density at radius 3 is 2.90 bits per heavy atom. The molecule has 4 rings (SSSR count). The molecule has 1 aromatic carbocycles. The van der Waals surface area contributed by atoms with Gasteiger partial charge in [-0.1, -0.05) is 17.8 Å². The van der Waals surface area contributed by atoms with E-state index in [-0.39, 0.29) is 23.6 Å². The summed E-state index contributed by atoms with van der Waals surface area (Å²) in [5, 5.41) is 15.9. The number of thioether (sulfide) groups is 1. The van der Waals surface area contributed by atoms with E-state index in [0.717, 1.165) is 43.4 Å². The quantitative estimate of drug-likeness (QED) is 0.717. The van der Waals surface area contributed by atoms with Gasteiger partial charge < -0.3 is 10.6 Å². The minimum absolute atomic E-state index is 0.116. The normalized spacial score (nSPS) is 14.8. The fourth-order valence-electron chi connectivity index (χ4n) is 3.55. The van der Waals surface area contributed by atoms with Gasteiger partial charge in [-0.2, -0.15) is 5.26 Å². The van der Waals surface area contributed by atoms with Crippen molar-refractivity contribution in [2.75, 3.05) is 11.1 Å². The molecule has 1 heterocycles. The van der Waals surface area contributed by atoms with Crippen LogP contribution in [0.2, 0.25) is 0 Å². The van der Waals surface area contributed by atoms with Crippen LogP contribution >= 0.6 is 11.8 Å². The van der Waals surface area contributed by atoms with E-state index in [2.05, 4.69) is 21.7 Å². The molecular weight excluding hydrogens is 384 g/mol. The molecule has 2 aliphatic carbocycles. The van der Waals surface area contributed by atoms with Gasteiger partial charge in [-0.05, 0) is 68.4 Å². The third-order valence-corrected chi connectivity index (χ3v) is 6.21. The first kappa shape index (κ1) is 19.5. The maximum atomic E-state index is 12.4. The number of anilines is 1. The van der Waals surface area contributed by atoms with Gasteiger partial charge in [0.1, 0.15) is 11.1 Å². The average molecular weight is 407 g/mol. The van der Waals surface area contributed by atoms with Crippen LogP contribution in [0.15, 0.2) is 29.3 Å². The number of nitrogens with zero attached hydrogens (tertiary/aromatic N) is 2. The minimum atomic E-state index is -0.196. The number of nitrogens with one attached hydrogen (secondary N) is 2. The molecule has 2 amide bonds. The number of fused-ring (bicyclic) bond motifs is 1. The first-order chi connectivity index (χ1) is 14.0. The molecule has 0 aliphatic heterocycles. The van der Waals surface area contributed by atoms with Gasteiger partial charge in [0.2, 0.25) is 5.91 Å². The van der Waals surface area contributed by atoms with Gasteiger partial charge in [0.05, 0.1) is 11.3 Å². The summed E-state index contributed by atoms with van der Waals surface area (Å²) in [4.78, 5) is 29.2. The molecule has 0 spiro atoms. The van der Waals surface area contributed by atoms with Gasteiger partial charge in [0.25, 0.3) is 5.91 Å². The second-order valence-electron chi connectivity index (χ2n) is 7.47. The highest BCUT2D eigenvalue weighted by Gasteiger charge is 2.24. The summed E-state index contributed by atoms with van der Waals surface area (Å²) in [6.07, 6.45) is 5.02. The van der Waals surface area contributed by atoms with Crippen LogP contribution in [0.4, 0.5) is 5.69 Å². The number of benzene rings is 1. The highest BCUT2D eigenvalue weighted by atomic mass is 32.2. The number of amides is 2. The van der Waals surface area contributed by atoms with Gasteiger partial charge in [-0.15, -0.1) is 0 Å². The minimum Gasteiger partial charge on any atom is -0.349 e. The zero-order valence-corrected chi connectivity index (χ0v) is 17.1. The Balaban J connectivity index is 1.40. The standard InChI is InChI=1S/C22H22N4O2S/c1-13-17-6-3-7-19(17)26-22(18(13)11-23)29-12-20(27)24-16-5-2-4-14(10-16)21(28)25-15-8-9-15/h2,4-5,10,15H,3,6-9,12H2,1H3,(H,24,27)(H,25,28). The highest BCUT2D eigenvalue weighted by molar-refractivity contribution is 8.00. The maximum Gasteiger partial charge on any atom is 0.251 e. The second kappa shape index (κ2) is 8.26. The molecule has 2 aromatic rings. The monoisotopic (exact) mass is 406 g/mol. The lowest BCUT2D eigenvalue weighted by Gasteiger charge is -2.11. The molecule has 148 valence electrons. The van der Waals surface area contributed by atoms with E-state index in [4.69, 9.17) is 0 Å². The van der Waals surface area contributed by atoms with Gasteiger partial charge in [0.15, 0.2) is 0 Å². The van der Waals surface area contributed by atoms with Crippen molar-refractivity contribution in [3.8, 4) is 6.07 Å². The van der Waals surface area contributed by atoms with Crippen molar-refractivity contribution in [3.63, 3.8) is 0 Å². The van der Waals surface area contributed by atoms with E-state index in [0.29, 0.717) is 21.8 Å². The number of carbonyl (C=O) groups excluding carboxylic acids is 2. The molecule has 1 saturated carbocycles. The third-order valence-electron chi connectivity index (χ3n) is 5.24. The molecule has 0 atom stereocenters. The van der Waals surface area contributed by atoms with Crippen LogP contribution in [0.25, 0.3) is 0 Å². The highest BCUT2D eigenvalue weighted by Crippen LogP contribution is 2.31. The van der Waals surface area contributed by atoms with Crippen LogP contribution in [0.1, 0.15) is 52.0 Å². The van der Waals surface area contributed by atoms with Gasteiger partial charge in [-0.25, -0.2) is 4.98 Å². The number of hydrogen-bond donors (Lipinski definition) is 2. The Bertz CT molecular complexity index is 1020. The van der Waals surface area contributed by atoms with E-state index >= 15 is 0 Å². The molecule has 1 aromatic heterocycles. The van der Waals surface area contributed by atoms with Crippen molar-refractivity contribution in [2.24, 2.45) is 0 Å². The molecule has 2 N–H and O–H groups in total. The number of hydrogen-bond acceptors (Lipinski definition) is 5. The lowest BCUT2D eigenvalue weighted by Crippen LogP contribution is -2.25. The molecule has 0 bridgehead atoms. The van der Waals surface area contributed by atoms with Crippen molar-refractivity contribution in [1.29, 1.82) is 5.26 Å². The molecule has 0 saturated heterocycles. The smallest absolute Gasteiger partial charge is 0.251 e. The Kier molecular flexibility index (Phi) is 5.54. The average Bonchev–Trinajstić information content (AvgIpc) is 3.39. The van der Waals surface area contributed by atoms with E-state index in [1.54, 1.807) is 24.3 Å². The van der Waals surface area contributed by atoms with E-state index in [1.807, 2.05) is 6.92 Å². The summed E-state index contributed by atoms with van der Waals surface area (Å²) in [6, 6.07) is 9.46.